The number of rotatable bonds is 2. The van der Waals surface area contributed by atoms with E-state index in [1.165, 1.54) is 0 Å². The van der Waals surface area contributed by atoms with Crippen molar-refractivity contribution >= 4 is 0 Å². The monoisotopic (exact) mass is 199 g/mol. The normalized spacial score (nSPS) is 12.0. The van der Waals surface area contributed by atoms with Crippen LogP contribution >= 0.6 is 0 Å². The fourth-order valence-electron chi connectivity index (χ4n) is 1.31. The molecule has 5 nitrogen and oxygen atoms in total. The highest BCUT2D eigenvalue weighted by atomic mass is 15.5. The van der Waals surface area contributed by atoms with Gasteiger partial charge in [0.1, 0.15) is 0 Å². The van der Waals surface area contributed by atoms with E-state index in [4.69, 9.17) is 5.26 Å². The molecule has 1 N–H and O–H groups in total. The summed E-state index contributed by atoms with van der Waals surface area (Å²) < 4.78 is 0. The van der Waals surface area contributed by atoms with Crippen molar-refractivity contribution < 1.29 is 0 Å². The molecular weight excluding hydrogens is 190 g/mol. The van der Waals surface area contributed by atoms with Gasteiger partial charge in [-0.15, -0.1) is 10.2 Å². The smallest absolute Gasteiger partial charge is 0.198 e. The fraction of sp³-hybridized carbons (Fsp3) is 0.200. The molecule has 74 valence electrons. The summed E-state index contributed by atoms with van der Waals surface area (Å²) in [5, 5.41) is 22.5. The maximum atomic E-state index is 8.81. The second-order valence-electron chi connectivity index (χ2n) is 3.21. The molecule has 0 bridgehead atoms. The van der Waals surface area contributed by atoms with E-state index in [0.29, 0.717) is 5.82 Å². The minimum Gasteiger partial charge on any atom is -0.198 e. The standard InChI is InChI=1S/C10H9N5/c1-7(6-11)8-3-2-4-9(5-8)10-12-14-15-13-10/h2-5,7H,1H3,(H,12,13,14,15). The summed E-state index contributed by atoms with van der Waals surface area (Å²) in [4.78, 5) is 0. The van der Waals surface area contributed by atoms with Crippen LogP contribution in [0, 0.1) is 11.3 Å². The molecule has 1 unspecified atom stereocenters. The molecule has 15 heavy (non-hydrogen) atoms. The Hall–Kier alpha value is -2.22. The van der Waals surface area contributed by atoms with Gasteiger partial charge in [-0.25, -0.2) is 0 Å². The van der Waals surface area contributed by atoms with Crippen molar-refractivity contribution in [2.45, 2.75) is 12.8 Å². The summed E-state index contributed by atoms with van der Waals surface area (Å²) in [5.74, 6) is 0.416. The van der Waals surface area contributed by atoms with Gasteiger partial charge in [0.15, 0.2) is 0 Å². The third-order valence-electron chi connectivity index (χ3n) is 2.18. The lowest BCUT2D eigenvalue weighted by Crippen LogP contribution is -1.90. The fourth-order valence-corrected chi connectivity index (χ4v) is 1.31. The van der Waals surface area contributed by atoms with Gasteiger partial charge >= 0.3 is 0 Å². The van der Waals surface area contributed by atoms with E-state index < -0.39 is 0 Å². The molecule has 0 aliphatic carbocycles. The lowest BCUT2D eigenvalue weighted by molar-refractivity contribution is 0.881. The average Bonchev–Trinajstić information content (AvgIpc) is 2.82. The molecule has 0 fully saturated rings. The van der Waals surface area contributed by atoms with Gasteiger partial charge in [-0.1, -0.05) is 18.2 Å². The molecule has 1 heterocycles. The van der Waals surface area contributed by atoms with Gasteiger partial charge in [0.2, 0.25) is 5.82 Å². The highest BCUT2D eigenvalue weighted by Crippen LogP contribution is 2.20. The van der Waals surface area contributed by atoms with E-state index in [0.717, 1.165) is 11.1 Å². The lowest BCUT2D eigenvalue weighted by atomic mass is 10.0. The van der Waals surface area contributed by atoms with Crippen molar-refractivity contribution in [3.8, 4) is 17.5 Å². The first-order valence-electron chi connectivity index (χ1n) is 4.54. The number of nitrogens with one attached hydrogen (secondary N) is 1. The molecule has 0 amide bonds. The molecule has 0 spiro atoms. The number of nitriles is 1. The predicted octanol–water partition coefficient (Wildman–Crippen LogP) is 1.49. The van der Waals surface area contributed by atoms with Crippen LogP contribution in [0.15, 0.2) is 24.3 Å². The molecule has 2 aromatic rings. The van der Waals surface area contributed by atoms with Crippen molar-refractivity contribution in [1.82, 2.24) is 20.6 Å². The van der Waals surface area contributed by atoms with E-state index in [1.807, 2.05) is 31.2 Å². The lowest BCUT2D eigenvalue weighted by Gasteiger charge is -2.03. The second kappa shape index (κ2) is 3.88. The van der Waals surface area contributed by atoms with Gasteiger partial charge < -0.3 is 0 Å². The molecule has 1 aromatic carbocycles. The third kappa shape index (κ3) is 1.83. The van der Waals surface area contributed by atoms with Crippen LogP contribution in [0.2, 0.25) is 0 Å². The maximum absolute atomic E-state index is 8.81. The summed E-state index contributed by atoms with van der Waals surface area (Å²) in [6.45, 7) is 1.86. The molecule has 0 radical (unpaired) electrons. The Labute approximate surface area is 86.7 Å². The maximum Gasteiger partial charge on any atom is 0.204 e. The van der Waals surface area contributed by atoms with Crippen molar-refractivity contribution in [3.63, 3.8) is 0 Å². The summed E-state index contributed by atoms with van der Waals surface area (Å²) in [6, 6.07) is 9.78. The Morgan fingerprint density at radius 2 is 2.33 bits per heavy atom. The number of benzene rings is 1. The summed E-state index contributed by atoms with van der Waals surface area (Å²) >= 11 is 0. The van der Waals surface area contributed by atoms with E-state index in [9.17, 15) is 0 Å². The van der Waals surface area contributed by atoms with Gasteiger partial charge in [0.05, 0.1) is 12.0 Å². The van der Waals surface area contributed by atoms with E-state index in [2.05, 4.69) is 26.7 Å². The molecule has 1 atom stereocenters. The molecule has 0 aliphatic rings. The highest BCUT2D eigenvalue weighted by molar-refractivity contribution is 5.55. The summed E-state index contributed by atoms with van der Waals surface area (Å²) in [6.07, 6.45) is 0. The number of hydrogen-bond donors (Lipinski definition) is 1. The Morgan fingerprint density at radius 3 is 3.00 bits per heavy atom. The molecule has 5 heteroatoms. The van der Waals surface area contributed by atoms with Crippen LogP contribution in [-0.4, -0.2) is 20.6 Å². The number of nitrogens with zero attached hydrogens (tertiary/aromatic N) is 4. The van der Waals surface area contributed by atoms with E-state index in [1.54, 1.807) is 0 Å². The van der Waals surface area contributed by atoms with Crippen LogP contribution in [0.3, 0.4) is 0 Å². The number of H-pyrrole nitrogens is 1. The van der Waals surface area contributed by atoms with Gasteiger partial charge in [0, 0.05) is 5.56 Å². The Bertz CT molecular complexity index is 483. The van der Waals surface area contributed by atoms with Crippen LogP contribution in [0.25, 0.3) is 11.4 Å². The summed E-state index contributed by atoms with van der Waals surface area (Å²) in [5.41, 5.74) is 1.82. The van der Waals surface area contributed by atoms with Crippen LogP contribution < -0.4 is 0 Å². The SMILES string of the molecule is CC(C#N)c1cccc(-c2nn[nH]n2)c1. The minimum atomic E-state index is -0.128. The van der Waals surface area contributed by atoms with Gasteiger partial charge in [-0.3, -0.25) is 0 Å². The molecule has 0 saturated heterocycles. The van der Waals surface area contributed by atoms with Crippen molar-refractivity contribution in [2.24, 2.45) is 0 Å². The zero-order valence-electron chi connectivity index (χ0n) is 8.18. The number of tetrazole rings is 1. The van der Waals surface area contributed by atoms with Crippen molar-refractivity contribution in [2.75, 3.05) is 0 Å². The number of aromatic amines is 1. The first kappa shape index (κ1) is 9.34. The Balaban J connectivity index is 2.40. The van der Waals surface area contributed by atoms with Crippen LogP contribution in [-0.2, 0) is 0 Å². The number of hydrogen-bond acceptors (Lipinski definition) is 4. The van der Waals surface area contributed by atoms with E-state index in [-0.39, 0.29) is 5.92 Å². The Morgan fingerprint density at radius 1 is 1.47 bits per heavy atom. The van der Waals surface area contributed by atoms with Crippen LogP contribution in [0.1, 0.15) is 18.4 Å². The zero-order valence-corrected chi connectivity index (χ0v) is 8.18. The molecule has 2 rings (SSSR count). The quantitative estimate of drug-likeness (QED) is 0.794. The van der Waals surface area contributed by atoms with Crippen LogP contribution in [0.4, 0.5) is 0 Å². The van der Waals surface area contributed by atoms with Crippen molar-refractivity contribution in [1.29, 1.82) is 5.26 Å². The molecule has 0 aliphatic heterocycles. The predicted molar refractivity (Wildman–Crippen MR) is 53.6 cm³/mol. The van der Waals surface area contributed by atoms with Crippen LogP contribution in [0.5, 0.6) is 0 Å². The topological polar surface area (TPSA) is 78.2 Å². The summed E-state index contributed by atoms with van der Waals surface area (Å²) in [7, 11) is 0. The van der Waals surface area contributed by atoms with Gasteiger partial charge in [-0.2, -0.15) is 10.5 Å². The van der Waals surface area contributed by atoms with E-state index >= 15 is 0 Å². The van der Waals surface area contributed by atoms with Gasteiger partial charge in [-0.05, 0) is 23.8 Å². The molecular formula is C10H9N5. The van der Waals surface area contributed by atoms with Crippen molar-refractivity contribution in [3.05, 3.63) is 29.8 Å². The first-order chi connectivity index (χ1) is 7.31. The molecule has 1 aromatic heterocycles. The highest BCUT2D eigenvalue weighted by Gasteiger charge is 2.07. The molecule has 0 saturated carbocycles. The first-order valence-corrected chi connectivity index (χ1v) is 4.54. The van der Waals surface area contributed by atoms with Gasteiger partial charge in [0.25, 0.3) is 0 Å². The zero-order chi connectivity index (χ0) is 10.7. The average molecular weight is 199 g/mol. The second-order valence-corrected chi connectivity index (χ2v) is 3.21. The third-order valence-corrected chi connectivity index (χ3v) is 2.18. The largest absolute Gasteiger partial charge is 0.204 e. The number of aromatic nitrogens is 4. The Kier molecular flexibility index (Phi) is 2.42. The minimum absolute atomic E-state index is 0.128.